The largest absolute Gasteiger partial charge is 0.406 e. The molecule has 1 saturated carbocycles. The molecule has 1 aliphatic rings. The molecule has 2 rings (SSSR count). The second-order valence-corrected chi connectivity index (χ2v) is 4.44. The first-order chi connectivity index (χ1) is 7.72. The Balaban J connectivity index is 2.12. The summed E-state index contributed by atoms with van der Waals surface area (Å²) < 4.78 is 5.59. The van der Waals surface area contributed by atoms with Crippen molar-refractivity contribution in [3.05, 3.63) is 5.89 Å². The minimum Gasteiger partial charge on any atom is -0.406 e. The molecule has 0 radical (unpaired) electrons. The van der Waals surface area contributed by atoms with E-state index in [9.17, 15) is 0 Å². The second kappa shape index (κ2) is 4.82. The van der Waals surface area contributed by atoms with Gasteiger partial charge in [0, 0.05) is 12.6 Å². The van der Waals surface area contributed by atoms with E-state index < -0.39 is 0 Å². The summed E-state index contributed by atoms with van der Waals surface area (Å²) in [5, 5.41) is 8.06. The highest BCUT2D eigenvalue weighted by Crippen LogP contribution is 2.27. The number of anilines is 1. The Labute approximate surface area is 96.0 Å². The van der Waals surface area contributed by atoms with Crippen LogP contribution in [0, 0.1) is 0 Å². The summed E-state index contributed by atoms with van der Waals surface area (Å²) in [6.07, 6.45) is 5.05. The molecule has 90 valence electrons. The minimum absolute atomic E-state index is 0.191. The standard InChI is InChI=1S/C11H20N4O/c1-3-15(9-6-4-5-7-9)11-14-13-10(16-11)8(2)12/h8-9H,3-7,12H2,1-2H3. The predicted molar refractivity (Wildman–Crippen MR) is 62.2 cm³/mol. The molecule has 0 aliphatic heterocycles. The molecule has 1 aromatic rings. The number of nitrogens with two attached hydrogens (primary N) is 1. The molecule has 1 aliphatic carbocycles. The number of nitrogens with zero attached hydrogens (tertiary/aromatic N) is 3. The Morgan fingerprint density at radius 2 is 2.12 bits per heavy atom. The van der Waals surface area contributed by atoms with E-state index in [1.54, 1.807) is 0 Å². The fraction of sp³-hybridized carbons (Fsp3) is 0.818. The van der Waals surface area contributed by atoms with E-state index in [0.29, 0.717) is 17.9 Å². The van der Waals surface area contributed by atoms with Crippen molar-refractivity contribution in [3.8, 4) is 0 Å². The van der Waals surface area contributed by atoms with Gasteiger partial charge >= 0.3 is 6.01 Å². The first kappa shape index (κ1) is 11.4. The lowest BCUT2D eigenvalue weighted by molar-refractivity contribution is 0.442. The molecular weight excluding hydrogens is 204 g/mol. The molecule has 0 amide bonds. The first-order valence-electron chi connectivity index (χ1n) is 6.08. The van der Waals surface area contributed by atoms with Crippen LogP contribution in [0.4, 0.5) is 6.01 Å². The molecular formula is C11H20N4O. The highest BCUT2D eigenvalue weighted by atomic mass is 16.4. The maximum atomic E-state index is 5.71. The van der Waals surface area contributed by atoms with Gasteiger partial charge < -0.3 is 15.1 Å². The monoisotopic (exact) mass is 224 g/mol. The lowest BCUT2D eigenvalue weighted by Crippen LogP contribution is -2.33. The van der Waals surface area contributed by atoms with Crippen molar-refractivity contribution in [1.29, 1.82) is 0 Å². The van der Waals surface area contributed by atoms with Crippen molar-refractivity contribution in [2.24, 2.45) is 5.73 Å². The highest BCUT2D eigenvalue weighted by Gasteiger charge is 2.25. The summed E-state index contributed by atoms with van der Waals surface area (Å²) in [4.78, 5) is 2.20. The Morgan fingerprint density at radius 3 is 2.62 bits per heavy atom. The van der Waals surface area contributed by atoms with Gasteiger partial charge in [0.1, 0.15) is 0 Å². The summed E-state index contributed by atoms with van der Waals surface area (Å²) in [5.41, 5.74) is 5.71. The highest BCUT2D eigenvalue weighted by molar-refractivity contribution is 5.26. The van der Waals surface area contributed by atoms with E-state index in [4.69, 9.17) is 10.2 Å². The second-order valence-electron chi connectivity index (χ2n) is 4.44. The van der Waals surface area contributed by atoms with Gasteiger partial charge in [-0.1, -0.05) is 17.9 Å². The van der Waals surface area contributed by atoms with Crippen LogP contribution >= 0.6 is 0 Å². The van der Waals surface area contributed by atoms with Gasteiger partial charge in [0.15, 0.2) is 0 Å². The van der Waals surface area contributed by atoms with Gasteiger partial charge in [0.2, 0.25) is 5.89 Å². The molecule has 0 aromatic carbocycles. The van der Waals surface area contributed by atoms with Crippen LogP contribution in [0.3, 0.4) is 0 Å². The smallest absolute Gasteiger partial charge is 0.318 e. The van der Waals surface area contributed by atoms with Crippen LogP contribution in [0.2, 0.25) is 0 Å². The van der Waals surface area contributed by atoms with Crippen molar-refractivity contribution >= 4 is 6.01 Å². The number of hydrogen-bond acceptors (Lipinski definition) is 5. The zero-order chi connectivity index (χ0) is 11.5. The molecule has 5 heteroatoms. The third kappa shape index (κ3) is 2.19. The van der Waals surface area contributed by atoms with Crippen molar-refractivity contribution in [3.63, 3.8) is 0 Å². The fourth-order valence-corrected chi connectivity index (χ4v) is 2.29. The van der Waals surface area contributed by atoms with Gasteiger partial charge in [-0.15, -0.1) is 5.10 Å². The number of rotatable bonds is 4. The summed E-state index contributed by atoms with van der Waals surface area (Å²) >= 11 is 0. The minimum atomic E-state index is -0.191. The lowest BCUT2D eigenvalue weighted by atomic mass is 10.2. The molecule has 1 heterocycles. The molecule has 0 saturated heterocycles. The van der Waals surface area contributed by atoms with Crippen LogP contribution in [-0.2, 0) is 0 Å². The number of aromatic nitrogens is 2. The normalized spacial score (nSPS) is 18.9. The van der Waals surface area contributed by atoms with Crippen LogP contribution in [0.15, 0.2) is 4.42 Å². The van der Waals surface area contributed by atoms with Gasteiger partial charge in [-0.05, 0) is 26.7 Å². The molecule has 5 nitrogen and oxygen atoms in total. The van der Waals surface area contributed by atoms with E-state index in [0.717, 1.165) is 6.54 Å². The zero-order valence-corrected chi connectivity index (χ0v) is 10.0. The van der Waals surface area contributed by atoms with Gasteiger partial charge in [0.25, 0.3) is 0 Å². The topological polar surface area (TPSA) is 68.2 Å². The van der Waals surface area contributed by atoms with Gasteiger partial charge in [-0.3, -0.25) is 0 Å². The van der Waals surface area contributed by atoms with E-state index in [2.05, 4.69) is 22.0 Å². The SMILES string of the molecule is CCN(c1nnc(C(C)N)o1)C1CCCC1. The van der Waals surface area contributed by atoms with Gasteiger partial charge in [-0.2, -0.15) is 0 Å². The summed E-state index contributed by atoms with van der Waals surface area (Å²) in [5.74, 6) is 0.520. The lowest BCUT2D eigenvalue weighted by Gasteiger charge is -2.25. The van der Waals surface area contributed by atoms with Crippen LogP contribution in [0.1, 0.15) is 51.5 Å². The van der Waals surface area contributed by atoms with E-state index >= 15 is 0 Å². The van der Waals surface area contributed by atoms with Crippen molar-refractivity contribution in [1.82, 2.24) is 10.2 Å². The van der Waals surface area contributed by atoms with Crippen molar-refractivity contribution < 1.29 is 4.42 Å². The Hall–Kier alpha value is -1.10. The zero-order valence-electron chi connectivity index (χ0n) is 10.0. The van der Waals surface area contributed by atoms with Crippen LogP contribution in [0.5, 0.6) is 0 Å². The predicted octanol–water partition coefficient (Wildman–Crippen LogP) is 1.86. The molecule has 0 spiro atoms. The Bertz CT molecular complexity index is 330. The molecule has 1 unspecified atom stereocenters. The molecule has 16 heavy (non-hydrogen) atoms. The van der Waals surface area contributed by atoms with Crippen LogP contribution in [0.25, 0.3) is 0 Å². The van der Waals surface area contributed by atoms with E-state index in [1.807, 2.05) is 6.92 Å². The summed E-state index contributed by atoms with van der Waals surface area (Å²) in [6.45, 7) is 4.88. The number of hydrogen-bond donors (Lipinski definition) is 1. The molecule has 1 atom stereocenters. The summed E-state index contributed by atoms with van der Waals surface area (Å²) in [7, 11) is 0. The van der Waals surface area contributed by atoms with Crippen LogP contribution in [-0.4, -0.2) is 22.8 Å². The molecule has 0 bridgehead atoms. The molecule has 1 aromatic heterocycles. The Kier molecular flexibility index (Phi) is 3.43. The van der Waals surface area contributed by atoms with Gasteiger partial charge in [0.05, 0.1) is 6.04 Å². The van der Waals surface area contributed by atoms with Gasteiger partial charge in [-0.25, -0.2) is 0 Å². The quantitative estimate of drug-likeness (QED) is 0.845. The van der Waals surface area contributed by atoms with E-state index in [1.165, 1.54) is 25.7 Å². The molecule has 2 N–H and O–H groups in total. The molecule has 1 fully saturated rings. The van der Waals surface area contributed by atoms with Crippen molar-refractivity contribution in [2.45, 2.75) is 51.6 Å². The average Bonchev–Trinajstić information content (AvgIpc) is 2.88. The van der Waals surface area contributed by atoms with Crippen molar-refractivity contribution in [2.75, 3.05) is 11.4 Å². The average molecular weight is 224 g/mol. The van der Waals surface area contributed by atoms with E-state index in [-0.39, 0.29) is 6.04 Å². The first-order valence-corrected chi connectivity index (χ1v) is 6.08. The maximum absolute atomic E-state index is 5.71. The third-order valence-corrected chi connectivity index (χ3v) is 3.17. The Morgan fingerprint density at radius 1 is 1.44 bits per heavy atom. The summed E-state index contributed by atoms with van der Waals surface area (Å²) in [6, 6.07) is 0.997. The fourth-order valence-electron chi connectivity index (χ4n) is 2.29. The maximum Gasteiger partial charge on any atom is 0.318 e. The van der Waals surface area contributed by atoms with Crippen LogP contribution < -0.4 is 10.6 Å². The third-order valence-electron chi connectivity index (χ3n) is 3.17.